The fourth-order valence-corrected chi connectivity index (χ4v) is 4.52. The molecule has 3 rings (SSSR count). The molecule has 9 nitrogen and oxygen atoms in total. The highest BCUT2D eigenvalue weighted by atomic mass is 16.5. The van der Waals surface area contributed by atoms with Crippen molar-refractivity contribution >= 4 is 23.5 Å². The van der Waals surface area contributed by atoms with Crippen LogP contribution in [0.3, 0.4) is 0 Å². The molecule has 196 valence electrons. The molecule has 1 saturated carbocycles. The van der Waals surface area contributed by atoms with Crippen molar-refractivity contribution in [3.05, 3.63) is 41.7 Å². The summed E-state index contributed by atoms with van der Waals surface area (Å²) in [4.78, 5) is 41.3. The van der Waals surface area contributed by atoms with Crippen LogP contribution in [0.1, 0.15) is 82.6 Å². The van der Waals surface area contributed by atoms with Crippen LogP contribution in [0.5, 0.6) is 5.75 Å². The molecule has 1 heterocycles. The number of hydrogen-bond acceptors (Lipinski definition) is 6. The summed E-state index contributed by atoms with van der Waals surface area (Å²) in [6, 6.07) is 8.26. The molecule has 1 atom stereocenters. The quantitative estimate of drug-likeness (QED) is 0.419. The Kier molecular flexibility index (Phi) is 10.3. The maximum Gasteiger partial charge on any atom is 0.247 e. The third kappa shape index (κ3) is 7.57. The number of ether oxygens (including phenoxy) is 1. The normalized spacial score (nSPS) is 14.3. The van der Waals surface area contributed by atoms with E-state index in [1.807, 2.05) is 38.1 Å². The van der Waals surface area contributed by atoms with Gasteiger partial charge in [-0.3, -0.25) is 14.4 Å². The maximum absolute atomic E-state index is 13.7. The third-order valence-electron chi connectivity index (χ3n) is 6.31. The Labute approximate surface area is 212 Å². The maximum atomic E-state index is 13.7. The molecule has 1 aliphatic carbocycles. The molecule has 0 spiro atoms. The highest BCUT2D eigenvalue weighted by Gasteiger charge is 2.34. The number of hydrogen-bond donors (Lipinski definition) is 2. The number of nitrogens with one attached hydrogen (secondary N) is 2. The van der Waals surface area contributed by atoms with Crippen LogP contribution in [0.2, 0.25) is 0 Å². The molecule has 2 N–H and O–H groups in total. The van der Waals surface area contributed by atoms with Crippen molar-refractivity contribution in [2.75, 3.05) is 18.5 Å². The van der Waals surface area contributed by atoms with Gasteiger partial charge in [0.1, 0.15) is 17.6 Å². The van der Waals surface area contributed by atoms with E-state index >= 15 is 0 Å². The van der Waals surface area contributed by atoms with Crippen LogP contribution in [-0.4, -0.2) is 47.0 Å². The number of para-hydroxylation sites is 1. The molecule has 0 aliphatic heterocycles. The van der Waals surface area contributed by atoms with Gasteiger partial charge in [0.2, 0.25) is 17.7 Å². The van der Waals surface area contributed by atoms with E-state index in [-0.39, 0.29) is 36.6 Å². The van der Waals surface area contributed by atoms with Crippen LogP contribution in [0.25, 0.3) is 0 Å². The SMILES string of the molecule is CCCCN(C(=O)CCC(=O)Nc1cc(C)on1)[C@H](C(=O)NC1CCCC1)c1ccccc1OCC. The van der Waals surface area contributed by atoms with Crippen LogP contribution in [-0.2, 0) is 14.4 Å². The second-order valence-corrected chi connectivity index (χ2v) is 9.18. The number of carbonyl (C=O) groups is 3. The van der Waals surface area contributed by atoms with E-state index in [0.29, 0.717) is 36.0 Å². The minimum atomic E-state index is -0.839. The summed E-state index contributed by atoms with van der Waals surface area (Å²) in [6.45, 7) is 6.51. The van der Waals surface area contributed by atoms with Crippen LogP contribution < -0.4 is 15.4 Å². The molecule has 9 heteroatoms. The molecule has 3 amide bonds. The summed E-state index contributed by atoms with van der Waals surface area (Å²) < 4.78 is 10.8. The number of aryl methyl sites for hydroxylation is 1. The molecule has 0 saturated heterocycles. The zero-order chi connectivity index (χ0) is 25.9. The van der Waals surface area contributed by atoms with Gasteiger partial charge in [-0.2, -0.15) is 0 Å². The minimum Gasteiger partial charge on any atom is -0.494 e. The number of benzene rings is 1. The van der Waals surface area contributed by atoms with E-state index < -0.39 is 6.04 Å². The van der Waals surface area contributed by atoms with E-state index in [0.717, 1.165) is 38.5 Å². The Morgan fingerprint density at radius 3 is 2.58 bits per heavy atom. The molecule has 1 fully saturated rings. The number of carbonyl (C=O) groups excluding carboxylic acids is 3. The lowest BCUT2D eigenvalue weighted by molar-refractivity contribution is -0.142. The van der Waals surface area contributed by atoms with Crippen molar-refractivity contribution in [3.8, 4) is 5.75 Å². The molecule has 36 heavy (non-hydrogen) atoms. The lowest BCUT2D eigenvalue weighted by Gasteiger charge is -2.33. The van der Waals surface area contributed by atoms with E-state index in [1.165, 1.54) is 0 Å². The van der Waals surface area contributed by atoms with Gasteiger partial charge in [0.25, 0.3) is 0 Å². The molecule has 0 unspecified atom stereocenters. The van der Waals surface area contributed by atoms with Crippen molar-refractivity contribution in [2.45, 2.75) is 84.2 Å². The highest BCUT2D eigenvalue weighted by molar-refractivity contribution is 5.94. The van der Waals surface area contributed by atoms with Gasteiger partial charge in [0.05, 0.1) is 6.61 Å². The van der Waals surface area contributed by atoms with Crippen LogP contribution in [0.4, 0.5) is 5.82 Å². The van der Waals surface area contributed by atoms with Gasteiger partial charge < -0.3 is 24.8 Å². The number of aromatic nitrogens is 1. The van der Waals surface area contributed by atoms with Gasteiger partial charge in [0.15, 0.2) is 5.82 Å². The molecule has 2 aromatic rings. The first kappa shape index (κ1) is 27.2. The van der Waals surface area contributed by atoms with Gasteiger partial charge in [-0.1, -0.05) is 49.5 Å². The summed E-state index contributed by atoms with van der Waals surface area (Å²) in [5.41, 5.74) is 0.654. The summed E-state index contributed by atoms with van der Waals surface area (Å²) in [7, 11) is 0. The molecular formula is C27H38N4O5. The van der Waals surface area contributed by atoms with Crippen molar-refractivity contribution in [1.82, 2.24) is 15.4 Å². The monoisotopic (exact) mass is 498 g/mol. The Balaban J connectivity index is 1.82. The summed E-state index contributed by atoms with van der Waals surface area (Å²) >= 11 is 0. The molecular weight excluding hydrogens is 460 g/mol. The Hall–Kier alpha value is -3.36. The van der Waals surface area contributed by atoms with Gasteiger partial charge >= 0.3 is 0 Å². The molecule has 1 aliphatic rings. The smallest absolute Gasteiger partial charge is 0.247 e. The largest absolute Gasteiger partial charge is 0.494 e. The Morgan fingerprint density at radius 2 is 1.92 bits per heavy atom. The number of nitrogens with zero attached hydrogens (tertiary/aromatic N) is 2. The van der Waals surface area contributed by atoms with E-state index in [1.54, 1.807) is 17.9 Å². The van der Waals surface area contributed by atoms with Crippen LogP contribution in [0.15, 0.2) is 34.9 Å². The van der Waals surface area contributed by atoms with Gasteiger partial charge in [-0.05, 0) is 39.2 Å². The van der Waals surface area contributed by atoms with E-state index in [9.17, 15) is 14.4 Å². The van der Waals surface area contributed by atoms with Crippen LogP contribution in [0, 0.1) is 6.92 Å². The lowest BCUT2D eigenvalue weighted by atomic mass is 10.0. The minimum absolute atomic E-state index is 0.0303. The molecule has 0 radical (unpaired) electrons. The van der Waals surface area contributed by atoms with Crippen molar-refractivity contribution in [1.29, 1.82) is 0 Å². The average molecular weight is 499 g/mol. The molecule has 1 aromatic carbocycles. The van der Waals surface area contributed by atoms with Crippen LogP contribution >= 0.6 is 0 Å². The zero-order valence-corrected chi connectivity index (χ0v) is 21.5. The van der Waals surface area contributed by atoms with Gasteiger partial charge in [-0.15, -0.1) is 0 Å². The molecule has 1 aromatic heterocycles. The first-order valence-electron chi connectivity index (χ1n) is 13.0. The first-order valence-corrected chi connectivity index (χ1v) is 13.0. The highest BCUT2D eigenvalue weighted by Crippen LogP contribution is 2.32. The standard InChI is InChI=1S/C27H38N4O5/c1-4-6-17-31(25(33)16-15-24(32)29-23-18-19(3)36-30-23)26(27(34)28-20-11-7-8-12-20)21-13-9-10-14-22(21)35-5-2/h9-10,13-14,18,20,26H,4-8,11-12,15-17H2,1-3H3,(H,28,34)(H,29,30,32)/t26-/m0/s1. The average Bonchev–Trinajstić information content (AvgIpc) is 3.52. The predicted molar refractivity (Wildman–Crippen MR) is 136 cm³/mol. The topological polar surface area (TPSA) is 114 Å². The first-order chi connectivity index (χ1) is 17.4. The second kappa shape index (κ2) is 13.7. The zero-order valence-electron chi connectivity index (χ0n) is 21.5. The fourth-order valence-electron chi connectivity index (χ4n) is 4.52. The van der Waals surface area contributed by atoms with Crippen molar-refractivity contribution in [2.24, 2.45) is 0 Å². The summed E-state index contributed by atoms with van der Waals surface area (Å²) in [6.07, 6.45) is 5.59. The number of amides is 3. The Bertz CT molecular complexity index is 1020. The van der Waals surface area contributed by atoms with E-state index in [2.05, 4.69) is 15.8 Å². The summed E-state index contributed by atoms with van der Waals surface area (Å²) in [5.74, 6) is 0.672. The number of rotatable bonds is 13. The number of unbranched alkanes of at least 4 members (excludes halogenated alkanes) is 1. The predicted octanol–water partition coefficient (Wildman–Crippen LogP) is 4.53. The van der Waals surface area contributed by atoms with Crippen molar-refractivity contribution in [3.63, 3.8) is 0 Å². The number of anilines is 1. The lowest BCUT2D eigenvalue weighted by Crippen LogP contribution is -2.46. The van der Waals surface area contributed by atoms with Gasteiger partial charge in [-0.25, -0.2) is 0 Å². The van der Waals surface area contributed by atoms with Crippen molar-refractivity contribution < 1.29 is 23.6 Å². The Morgan fingerprint density at radius 1 is 1.17 bits per heavy atom. The summed E-state index contributed by atoms with van der Waals surface area (Å²) in [5, 5.41) is 9.57. The second-order valence-electron chi connectivity index (χ2n) is 9.18. The van der Waals surface area contributed by atoms with Gasteiger partial charge in [0, 0.05) is 37.1 Å². The van der Waals surface area contributed by atoms with E-state index in [4.69, 9.17) is 9.26 Å². The third-order valence-corrected chi connectivity index (χ3v) is 6.31. The molecule has 0 bridgehead atoms. The fraction of sp³-hybridized carbons (Fsp3) is 0.556.